The number of nitrogens with one attached hydrogen (secondary N) is 2. The molecule has 1 saturated heterocycles. The molecule has 3 amide bonds. The summed E-state index contributed by atoms with van der Waals surface area (Å²) in [4.78, 5) is 35.3. The van der Waals surface area contributed by atoms with Crippen molar-refractivity contribution in [3.05, 3.63) is 58.5 Å². The third kappa shape index (κ3) is 5.39. The van der Waals surface area contributed by atoms with E-state index in [1.165, 1.54) is 12.7 Å². The number of aryl methyl sites for hydroxylation is 1. The van der Waals surface area contributed by atoms with Gasteiger partial charge >= 0.3 is 0 Å². The van der Waals surface area contributed by atoms with E-state index in [0.717, 1.165) is 18.2 Å². The van der Waals surface area contributed by atoms with Crippen LogP contribution in [0.1, 0.15) is 18.1 Å². The zero-order valence-corrected chi connectivity index (χ0v) is 16.8. The molecular formula is C21H20N2O5S. The second kappa shape index (κ2) is 9.29. The van der Waals surface area contributed by atoms with Gasteiger partial charge in [0.1, 0.15) is 0 Å². The minimum atomic E-state index is -0.428. The summed E-state index contributed by atoms with van der Waals surface area (Å²) in [6, 6.07) is 12.6. The molecule has 0 aromatic heterocycles. The number of rotatable bonds is 7. The number of thioether (sulfide) groups is 1. The van der Waals surface area contributed by atoms with E-state index in [4.69, 9.17) is 9.47 Å². The number of hydrogen-bond acceptors (Lipinski definition) is 6. The molecule has 7 nitrogen and oxygen atoms in total. The lowest BCUT2D eigenvalue weighted by molar-refractivity contribution is -0.118. The zero-order chi connectivity index (χ0) is 20.8. The maximum absolute atomic E-state index is 12.1. The molecule has 2 N–H and O–H groups in total. The van der Waals surface area contributed by atoms with E-state index < -0.39 is 11.1 Å². The van der Waals surface area contributed by atoms with Crippen molar-refractivity contribution in [1.29, 1.82) is 0 Å². The van der Waals surface area contributed by atoms with Crippen molar-refractivity contribution in [2.75, 3.05) is 19.0 Å². The number of anilines is 1. The van der Waals surface area contributed by atoms with E-state index in [-0.39, 0.29) is 12.5 Å². The summed E-state index contributed by atoms with van der Waals surface area (Å²) in [5, 5.41) is 4.58. The number of carbonyl (C=O) groups is 3. The molecule has 0 spiro atoms. The van der Waals surface area contributed by atoms with Crippen LogP contribution in [0.15, 0.2) is 47.4 Å². The Bertz CT molecular complexity index is 970. The Morgan fingerprint density at radius 1 is 1.14 bits per heavy atom. The zero-order valence-electron chi connectivity index (χ0n) is 16.0. The van der Waals surface area contributed by atoms with Crippen LogP contribution in [-0.4, -0.2) is 30.8 Å². The molecule has 0 radical (unpaired) electrons. The van der Waals surface area contributed by atoms with E-state index in [9.17, 15) is 14.4 Å². The number of hydrogen-bond donors (Lipinski definition) is 2. The molecule has 0 bridgehead atoms. The fourth-order valence-corrected chi connectivity index (χ4v) is 3.31. The normalized spacial score (nSPS) is 14.6. The largest absolute Gasteiger partial charge is 0.493 e. The molecule has 0 unspecified atom stereocenters. The summed E-state index contributed by atoms with van der Waals surface area (Å²) < 4.78 is 10.9. The van der Waals surface area contributed by atoms with E-state index >= 15 is 0 Å². The van der Waals surface area contributed by atoms with Crippen LogP contribution in [0.3, 0.4) is 0 Å². The Balaban J connectivity index is 1.63. The topological polar surface area (TPSA) is 93.7 Å². The highest BCUT2D eigenvalue weighted by Gasteiger charge is 2.25. The molecule has 0 atom stereocenters. The van der Waals surface area contributed by atoms with Gasteiger partial charge in [-0.2, -0.15) is 0 Å². The minimum Gasteiger partial charge on any atom is -0.493 e. The van der Waals surface area contributed by atoms with Crippen molar-refractivity contribution in [3.63, 3.8) is 0 Å². The number of methoxy groups -OCH3 is 1. The van der Waals surface area contributed by atoms with E-state index in [0.29, 0.717) is 27.7 Å². The van der Waals surface area contributed by atoms with Gasteiger partial charge in [0.05, 0.1) is 12.0 Å². The fourth-order valence-electron chi connectivity index (χ4n) is 2.63. The van der Waals surface area contributed by atoms with Crippen LogP contribution in [0.25, 0.3) is 6.08 Å². The fraction of sp³-hybridized carbons (Fsp3) is 0.190. The molecule has 29 heavy (non-hydrogen) atoms. The first-order valence-electron chi connectivity index (χ1n) is 8.93. The molecule has 2 aromatic rings. The second-order valence-corrected chi connectivity index (χ2v) is 7.16. The average molecular weight is 412 g/mol. The Hall–Kier alpha value is -3.26. The molecule has 1 aliphatic rings. The third-order valence-corrected chi connectivity index (χ3v) is 4.94. The molecule has 1 fully saturated rings. The van der Waals surface area contributed by atoms with Crippen LogP contribution in [-0.2, 0) is 16.0 Å². The van der Waals surface area contributed by atoms with Gasteiger partial charge < -0.3 is 14.8 Å². The molecule has 1 heterocycles. The maximum Gasteiger partial charge on any atom is 0.290 e. The lowest BCUT2D eigenvalue weighted by Crippen LogP contribution is -2.20. The molecular weight excluding hydrogens is 392 g/mol. The summed E-state index contributed by atoms with van der Waals surface area (Å²) in [6.07, 6.45) is 2.52. The van der Waals surface area contributed by atoms with Gasteiger partial charge in [-0.3, -0.25) is 19.7 Å². The van der Waals surface area contributed by atoms with Gasteiger partial charge in [0, 0.05) is 5.69 Å². The molecule has 8 heteroatoms. The van der Waals surface area contributed by atoms with Crippen molar-refractivity contribution >= 4 is 40.6 Å². The number of amides is 3. The van der Waals surface area contributed by atoms with Crippen molar-refractivity contribution < 1.29 is 23.9 Å². The summed E-state index contributed by atoms with van der Waals surface area (Å²) in [7, 11) is 1.48. The van der Waals surface area contributed by atoms with Crippen LogP contribution in [0.5, 0.6) is 11.5 Å². The first-order valence-corrected chi connectivity index (χ1v) is 9.74. The Morgan fingerprint density at radius 3 is 2.52 bits per heavy atom. The SMILES string of the molecule is CCc1ccc(NC(=O)COc2ccc(/C=C3\SC(=O)NC3=O)cc2OC)cc1. The highest BCUT2D eigenvalue weighted by Crippen LogP contribution is 2.31. The van der Waals surface area contributed by atoms with Crippen LogP contribution < -0.4 is 20.1 Å². The Morgan fingerprint density at radius 2 is 1.90 bits per heavy atom. The summed E-state index contributed by atoms with van der Waals surface area (Å²) in [5.41, 5.74) is 2.56. The van der Waals surface area contributed by atoms with Crippen molar-refractivity contribution in [2.24, 2.45) is 0 Å². The highest BCUT2D eigenvalue weighted by molar-refractivity contribution is 8.18. The standard InChI is InChI=1S/C21H20N2O5S/c1-3-13-4-7-15(8-5-13)22-19(24)12-28-16-9-6-14(10-17(16)27-2)11-18-20(25)23-21(26)29-18/h4-11H,3,12H2,1-2H3,(H,22,24)(H,23,25,26)/b18-11-. The predicted molar refractivity (Wildman–Crippen MR) is 112 cm³/mol. The molecule has 1 aliphatic heterocycles. The van der Waals surface area contributed by atoms with Gasteiger partial charge in [-0.25, -0.2) is 0 Å². The third-order valence-electron chi connectivity index (χ3n) is 4.13. The van der Waals surface area contributed by atoms with Crippen LogP contribution in [0, 0.1) is 0 Å². The van der Waals surface area contributed by atoms with Gasteiger partial charge in [-0.15, -0.1) is 0 Å². The first kappa shape index (κ1) is 20.5. The van der Waals surface area contributed by atoms with E-state index in [1.54, 1.807) is 24.3 Å². The second-order valence-electron chi connectivity index (χ2n) is 6.15. The van der Waals surface area contributed by atoms with Gasteiger partial charge in [0.25, 0.3) is 17.1 Å². The Labute approximate surface area is 172 Å². The summed E-state index contributed by atoms with van der Waals surface area (Å²) >= 11 is 0.840. The van der Waals surface area contributed by atoms with Gasteiger partial charge in [0.15, 0.2) is 18.1 Å². The number of imide groups is 1. The highest BCUT2D eigenvalue weighted by atomic mass is 32.2. The Kier molecular flexibility index (Phi) is 6.56. The van der Waals surface area contributed by atoms with Crippen LogP contribution >= 0.6 is 11.8 Å². The van der Waals surface area contributed by atoms with Crippen LogP contribution in [0.2, 0.25) is 0 Å². The lowest BCUT2D eigenvalue weighted by atomic mass is 10.1. The van der Waals surface area contributed by atoms with Crippen molar-refractivity contribution in [2.45, 2.75) is 13.3 Å². The molecule has 2 aromatic carbocycles. The van der Waals surface area contributed by atoms with E-state index in [2.05, 4.69) is 17.6 Å². The van der Waals surface area contributed by atoms with Crippen molar-refractivity contribution in [1.82, 2.24) is 5.32 Å². The minimum absolute atomic E-state index is 0.181. The number of ether oxygens (including phenoxy) is 2. The average Bonchev–Trinajstić information content (AvgIpc) is 3.04. The molecule has 3 rings (SSSR count). The molecule has 0 saturated carbocycles. The lowest BCUT2D eigenvalue weighted by Gasteiger charge is -2.12. The first-order chi connectivity index (χ1) is 14.0. The number of benzene rings is 2. The monoisotopic (exact) mass is 412 g/mol. The smallest absolute Gasteiger partial charge is 0.290 e. The van der Waals surface area contributed by atoms with Crippen LogP contribution in [0.4, 0.5) is 10.5 Å². The van der Waals surface area contributed by atoms with Gasteiger partial charge in [0.2, 0.25) is 0 Å². The number of carbonyl (C=O) groups excluding carboxylic acids is 3. The molecule has 150 valence electrons. The van der Waals surface area contributed by atoms with Gasteiger partial charge in [-0.1, -0.05) is 25.1 Å². The van der Waals surface area contributed by atoms with E-state index in [1.807, 2.05) is 24.3 Å². The summed E-state index contributed by atoms with van der Waals surface area (Å²) in [5.74, 6) is 0.0860. The molecule has 0 aliphatic carbocycles. The summed E-state index contributed by atoms with van der Waals surface area (Å²) in [6.45, 7) is 1.89. The predicted octanol–water partition coefficient (Wildman–Crippen LogP) is 3.60. The maximum atomic E-state index is 12.1. The quantitative estimate of drug-likeness (QED) is 0.675. The van der Waals surface area contributed by atoms with Crippen molar-refractivity contribution in [3.8, 4) is 11.5 Å². The van der Waals surface area contributed by atoms with Gasteiger partial charge in [-0.05, 0) is 59.7 Å².